The molecule has 0 saturated carbocycles. The van der Waals surface area contributed by atoms with Gasteiger partial charge in [-0.2, -0.15) is 0 Å². The zero-order chi connectivity index (χ0) is 13.4. The molecule has 0 aliphatic carbocycles. The average molecular weight is 401 g/mol. The van der Waals surface area contributed by atoms with Crippen molar-refractivity contribution in [2.45, 2.75) is 6.04 Å². The van der Waals surface area contributed by atoms with Crippen molar-refractivity contribution in [3.63, 3.8) is 0 Å². The highest BCUT2D eigenvalue weighted by Gasteiger charge is 2.19. The monoisotopic (exact) mass is 399 g/mol. The van der Waals surface area contributed by atoms with Gasteiger partial charge >= 0.3 is 0 Å². The highest BCUT2D eigenvalue weighted by atomic mass is 79.9. The highest BCUT2D eigenvalue weighted by Crippen LogP contribution is 2.38. The lowest BCUT2D eigenvalue weighted by Crippen LogP contribution is -2.15. The maximum atomic E-state index is 5.94. The standard InChI is InChI=1S/C14H11Br2NOS/c1-17-13(12-7-9(15)14(16)19-12)11-6-8-4-2-3-5-10(8)18-11/h2-7,13,17H,1H3. The molecule has 0 saturated heterocycles. The summed E-state index contributed by atoms with van der Waals surface area (Å²) in [7, 11) is 1.94. The Labute approximate surface area is 132 Å². The van der Waals surface area contributed by atoms with E-state index in [0.29, 0.717) is 0 Å². The molecule has 1 unspecified atom stereocenters. The van der Waals surface area contributed by atoms with Crippen LogP contribution in [0.15, 0.2) is 49.1 Å². The van der Waals surface area contributed by atoms with E-state index in [4.69, 9.17) is 4.42 Å². The molecular formula is C14H11Br2NOS. The maximum Gasteiger partial charge on any atom is 0.134 e. The van der Waals surface area contributed by atoms with E-state index in [0.717, 1.165) is 25.0 Å². The normalized spacial score (nSPS) is 13.0. The summed E-state index contributed by atoms with van der Waals surface area (Å²) >= 11 is 8.76. The second-order valence-electron chi connectivity index (χ2n) is 4.18. The number of para-hydroxylation sites is 1. The number of rotatable bonds is 3. The lowest BCUT2D eigenvalue weighted by Gasteiger charge is -2.10. The molecule has 0 fully saturated rings. The topological polar surface area (TPSA) is 25.2 Å². The van der Waals surface area contributed by atoms with Crippen molar-refractivity contribution in [2.24, 2.45) is 0 Å². The SMILES string of the molecule is CNC(c1cc2ccccc2o1)c1cc(Br)c(Br)s1. The Hall–Kier alpha value is -0.620. The van der Waals surface area contributed by atoms with Crippen LogP contribution in [0.2, 0.25) is 0 Å². The first-order valence-electron chi connectivity index (χ1n) is 5.79. The molecule has 3 aromatic rings. The van der Waals surface area contributed by atoms with Crippen molar-refractivity contribution in [2.75, 3.05) is 7.05 Å². The highest BCUT2D eigenvalue weighted by molar-refractivity contribution is 9.13. The summed E-state index contributed by atoms with van der Waals surface area (Å²) < 4.78 is 8.11. The molecule has 5 heteroatoms. The van der Waals surface area contributed by atoms with Crippen LogP contribution in [0.5, 0.6) is 0 Å². The third kappa shape index (κ3) is 2.52. The predicted octanol–water partition coefficient (Wildman–Crippen LogP) is 5.33. The van der Waals surface area contributed by atoms with Crippen molar-refractivity contribution in [1.82, 2.24) is 5.32 Å². The predicted molar refractivity (Wildman–Crippen MR) is 86.8 cm³/mol. The summed E-state index contributed by atoms with van der Waals surface area (Å²) in [5, 5.41) is 4.44. The first-order valence-corrected chi connectivity index (χ1v) is 8.20. The van der Waals surface area contributed by atoms with Gasteiger partial charge in [0.15, 0.2) is 0 Å². The van der Waals surface area contributed by atoms with E-state index in [1.807, 2.05) is 25.2 Å². The Morgan fingerprint density at radius 3 is 2.63 bits per heavy atom. The molecule has 3 rings (SSSR count). The van der Waals surface area contributed by atoms with Crippen molar-refractivity contribution in [3.8, 4) is 0 Å². The van der Waals surface area contributed by atoms with Crippen molar-refractivity contribution < 1.29 is 4.42 Å². The average Bonchev–Trinajstić information content (AvgIpc) is 2.95. The van der Waals surface area contributed by atoms with Gasteiger partial charge in [-0.25, -0.2) is 0 Å². The number of fused-ring (bicyclic) bond motifs is 1. The number of nitrogens with one attached hydrogen (secondary N) is 1. The fourth-order valence-corrected chi connectivity index (χ4v) is 4.28. The Kier molecular flexibility index (Phi) is 3.80. The Balaban J connectivity index is 2.06. The van der Waals surface area contributed by atoms with Gasteiger partial charge in [0, 0.05) is 14.7 Å². The molecule has 0 aliphatic heterocycles. The minimum Gasteiger partial charge on any atom is -0.459 e. The Morgan fingerprint density at radius 1 is 1.21 bits per heavy atom. The fourth-order valence-electron chi connectivity index (χ4n) is 2.07. The van der Waals surface area contributed by atoms with E-state index in [2.05, 4.69) is 55.4 Å². The Morgan fingerprint density at radius 2 is 2.00 bits per heavy atom. The second kappa shape index (κ2) is 5.40. The van der Waals surface area contributed by atoms with Gasteiger partial charge in [0.05, 0.1) is 3.79 Å². The molecule has 1 atom stereocenters. The van der Waals surface area contributed by atoms with Gasteiger partial charge in [0.25, 0.3) is 0 Å². The number of hydrogen-bond donors (Lipinski definition) is 1. The number of furan rings is 1. The van der Waals surface area contributed by atoms with Gasteiger partial charge in [-0.3, -0.25) is 0 Å². The zero-order valence-corrected chi connectivity index (χ0v) is 14.1. The van der Waals surface area contributed by atoms with Gasteiger partial charge in [-0.05, 0) is 57.1 Å². The summed E-state index contributed by atoms with van der Waals surface area (Å²) in [5.74, 6) is 0.935. The van der Waals surface area contributed by atoms with Gasteiger partial charge < -0.3 is 9.73 Å². The molecule has 98 valence electrons. The first kappa shape index (κ1) is 13.4. The largest absolute Gasteiger partial charge is 0.459 e. The lowest BCUT2D eigenvalue weighted by molar-refractivity contribution is 0.495. The fraction of sp³-hybridized carbons (Fsp3) is 0.143. The molecule has 1 N–H and O–H groups in total. The molecule has 2 aromatic heterocycles. The summed E-state index contributed by atoms with van der Waals surface area (Å²) in [4.78, 5) is 1.21. The molecule has 0 bridgehead atoms. The van der Waals surface area contributed by atoms with Crippen molar-refractivity contribution in [3.05, 3.63) is 55.3 Å². The van der Waals surface area contributed by atoms with Crippen LogP contribution in [-0.4, -0.2) is 7.05 Å². The van der Waals surface area contributed by atoms with Crippen LogP contribution in [0.3, 0.4) is 0 Å². The summed E-state index contributed by atoms with van der Waals surface area (Å²) in [6.07, 6.45) is 0. The number of thiophene rings is 1. The quantitative estimate of drug-likeness (QED) is 0.642. The van der Waals surface area contributed by atoms with Crippen LogP contribution in [0, 0.1) is 0 Å². The van der Waals surface area contributed by atoms with Gasteiger partial charge in [-0.1, -0.05) is 18.2 Å². The second-order valence-corrected chi connectivity index (χ2v) is 7.43. The van der Waals surface area contributed by atoms with Crippen molar-refractivity contribution >= 4 is 54.2 Å². The van der Waals surface area contributed by atoms with Crippen LogP contribution in [0.4, 0.5) is 0 Å². The zero-order valence-electron chi connectivity index (χ0n) is 10.1. The van der Waals surface area contributed by atoms with Gasteiger partial charge in [-0.15, -0.1) is 11.3 Å². The van der Waals surface area contributed by atoms with Crippen LogP contribution < -0.4 is 5.32 Å². The molecule has 0 spiro atoms. The van der Waals surface area contributed by atoms with E-state index >= 15 is 0 Å². The van der Waals surface area contributed by atoms with E-state index in [1.165, 1.54) is 4.88 Å². The summed E-state index contributed by atoms with van der Waals surface area (Å²) in [5.41, 5.74) is 0.924. The molecule has 1 aromatic carbocycles. The molecule has 19 heavy (non-hydrogen) atoms. The van der Waals surface area contributed by atoms with Gasteiger partial charge in [0.2, 0.25) is 0 Å². The van der Waals surface area contributed by atoms with E-state index in [1.54, 1.807) is 11.3 Å². The van der Waals surface area contributed by atoms with E-state index in [9.17, 15) is 0 Å². The summed E-state index contributed by atoms with van der Waals surface area (Å²) in [6, 6.07) is 12.3. The minimum atomic E-state index is 0.0694. The van der Waals surface area contributed by atoms with Crippen LogP contribution in [0.1, 0.15) is 16.7 Å². The first-order chi connectivity index (χ1) is 9.19. The van der Waals surface area contributed by atoms with Crippen LogP contribution in [-0.2, 0) is 0 Å². The molecule has 0 aliphatic rings. The van der Waals surface area contributed by atoms with Crippen LogP contribution in [0.25, 0.3) is 11.0 Å². The van der Waals surface area contributed by atoms with Crippen molar-refractivity contribution in [1.29, 1.82) is 0 Å². The Bertz CT molecular complexity index is 667. The smallest absolute Gasteiger partial charge is 0.134 e. The van der Waals surface area contributed by atoms with Crippen LogP contribution >= 0.6 is 43.2 Å². The molecule has 0 amide bonds. The third-order valence-electron chi connectivity index (χ3n) is 2.97. The minimum absolute atomic E-state index is 0.0694. The molecular weight excluding hydrogens is 390 g/mol. The summed E-state index contributed by atoms with van der Waals surface area (Å²) in [6.45, 7) is 0. The van der Waals surface area contributed by atoms with E-state index in [-0.39, 0.29) is 6.04 Å². The maximum absolute atomic E-state index is 5.94. The third-order valence-corrected chi connectivity index (χ3v) is 6.29. The molecule has 2 nitrogen and oxygen atoms in total. The van der Waals surface area contributed by atoms with Gasteiger partial charge in [0.1, 0.15) is 17.4 Å². The van der Waals surface area contributed by atoms with E-state index < -0.39 is 0 Å². The number of hydrogen-bond acceptors (Lipinski definition) is 3. The molecule has 2 heterocycles. The number of halogens is 2. The lowest BCUT2D eigenvalue weighted by atomic mass is 10.1. The number of benzene rings is 1. The molecule has 0 radical (unpaired) electrons.